The zero-order valence-corrected chi connectivity index (χ0v) is 21.1. The number of hydrogen-bond donors (Lipinski definition) is 0. The molecule has 36 heavy (non-hydrogen) atoms. The van der Waals surface area contributed by atoms with Crippen LogP contribution >= 0.6 is 11.6 Å². The highest BCUT2D eigenvalue weighted by atomic mass is 35.5. The molecule has 184 valence electrons. The Morgan fingerprint density at radius 3 is 2.72 bits per heavy atom. The minimum Gasteiger partial charge on any atom is -0.236 e. The topological polar surface area (TPSA) is 102 Å². The second-order valence-corrected chi connectivity index (χ2v) is 11.5. The molecule has 1 aromatic carbocycles. The van der Waals surface area contributed by atoms with Crippen LogP contribution in [0.4, 0.5) is 4.39 Å². The lowest BCUT2D eigenvalue weighted by molar-refractivity contribution is 0.303. The predicted octanol–water partition coefficient (Wildman–Crippen LogP) is 5.70. The van der Waals surface area contributed by atoms with Crippen LogP contribution in [0.15, 0.2) is 53.8 Å². The highest BCUT2D eigenvalue weighted by Crippen LogP contribution is 2.34. The summed E-state index contributed by atoms with van der Waals surface area (Å²) in [6.07, 6.45) is 7.70. The normalized spacial score (nSPS) is 18.3. The summed E-state index contributed by atoms with van der Waals surface area (Å²) in [7, 11) is -3.98. The van der Waals surface area contributed by atoms with E-state index in [1.54, 1.807) is 18.2 Å². The molecule has 0 radical (unpaired) electrons. The van der Waals surface area contributed by atoms with Crippen LogP contribution in [0.25, 0.3) is 22.4 Å². The summed E-state index contributed by atoms with van der Waals surface area (Å²) in [4.78, 5) is 13.1. The van der Waals surface area contributed by atoms with Gasteiger partial charge >= 0.3 is 0 Å². The fourth-order valence-electron chi connectivity index (χ4n) is 4.78. The molecule has 1 aliphatic rings. The van der Waals surface area contributed by atoms with Crippen molar-refractivity contribution in [3.63, 3.8) is 0 Å². The number of aryl methyl sites for hydroxylation is 1. The van der Waals surface area contributed by atoms with Gasteiger partial charge in [-0.1, -0.05) is 35.7 Å². The largest absolute Gasteiger partial charge is 0.269 e. The Kier molecular flexibility index (Phi) is 6.49. The second-order valence-electron chi connectivity index (χ2n) is 9.23. The van der Waals surface area contributed by atoms with Crippen molar-refractivity contribution in [2.24, 2.45) is 11.8 Å². The fraction of sp³-hybridized carbons (Fsp3) is 0.308. The first kappa shape index (κ1) is 24.3. The molecule has 4 aromatic rings. The number of aromatic nitrogens is 4. The monoisotopic (exact) mass is 523 g/mol. The molecule has 0 spiro atoms. The summed E-state index contributed by atoms with van der Waals surface area (Å²) >= 11 is 6.20. The van der Waals surface area contributed by atoms with Crippen molar-refractivity contribution in [3.8, 4) is 17.5 Å². The van der Waals surface area contributed by atoms with Crippen molar-refractivity contribution >= 4 is 32.7 Å². The van der Waals surface area contributed by atoms with Gasteiger partial charge in [0.15, 0.2) is 17.3 Å². The van der Waals surface area contributed by atoms with Crippen LogP contribution in [0.2, 0.25) is 5.02 Å². The van der Waals surface area contributed by atoms with E-state index in [0.29, 0.717) is 28.8 Å². The smallest absolute Gasteiger partial charge is 0.236 e. The molecule has 0 N–H and O–H groups in total. The zero-order chi connectivity index (χ0) is 25.4. The minimum absolute atomic E-state index is 0.0220. The molecule has 3 aromatic heterocycles. The molecule has 2 atom stereocenters. The van der Waals surface area contributed by atoms with Gasteiger partial charge in [0.2, 0.25) is 0 Å². The highest BCUT2D eigenvalue weighted by molar-refractivity contribution is 7.90. The van der Waals surface area contributed by atoms with E-state index in [4.69, 9.17) is 11.6 Å². The first-order chi connectivity index (χ1) is 17.3. The maximum absolute atomic E-state index is 14.7. The van der Waals surface area contributed by atoms with Crippen LogP contribution in [-0.4, -0.2) is 27.3 Å². The Hall–Kier alpha value is -3.35. The van der Waals surface area contributed by atoms with E-state index in [1.807, 2.05) is 6.92 Å². The molecule has 1 aliphatic carbocycles. The number of rotatable bonds is 5. The van der Waals surface area contributed by atoms with E-state index in [0.717, 1.165) is 35.0 Å². The predicted molar refractivity (Wildman–Crippen MR) is 134 cm³/mol. The number of nitrogens with zero attached hydrogens (tertiary/aromatic N) is 5. The Balaban J connectivity index is 1.59. The average molecular weight is 524 g/mol. The third-order valence-corrected chi connectivity index (χ3v) is 8.53. The van der Waals surface area contributed by atoms with E-state index in [1.165, 1.54) is 24.5 Å². The third-order valence-electron chi connectivity index (χ3n) is 6.66. The standard InChI is InChI=1S/C26H23ClFN5O2S/c1-16-5-7-20(8-6-16)36(34,35)33-15-22(21-11-19(27)13-31-26(21)33)25-30-14-23(28)24(32-25)10-17-3-2-4-18(9-17)12-29/h5-8,11,13-15,17-18H,2-4,9-10H2,1H3/t17-,18+/m0/s1. The Bertz CT molecular complexity index is 1600. The number of hydrogen-bond acceptors (Lipinski definition) is 6. The van der Waals surface area contributed by atoms with Gasteiger partial charge in [-0.15, -0.1) is 0 Å². The van der Waals surface area contributed by atoms with Crippen molar-refractivity contribution in [3.05, 3.63) is 71.0 Å². The van der Waals surface area contributed by atoms with Crippen molar-refractivity contribution in [1.29, 1.82) is 5.26 Å². The van der Waals surface area contributed by atoms with Crippen molar-refractivity contribution < 1.29 is 12.8 Å². The Morgan fingerprint density at radius 1 is 1.19 bits per heavy atom. The molecular weight excluding hydrogens is 501 g/mol. The van der Waals surface area contributed by atoms with Crippen molar-refractivity contribution in [2.75, 3.05) is 0 Å². The lowest BCUT2D eigenvalue weighted by Gasteiger charge is -2.24. The fourth-order valence-corrected chi connectivity index (χ4v) is 6.26. The summed E-state index contributed by atoms with van der Waals surface area (Å²) in [5, 5.41) is 10.1. The lowest BCUT2D eigenvalue weighted by Crippen LogP contribution is -2.17. The van der Waals surface area contributed by atoms with E-state index < -0.39 is 15.8 Å². The molecule has 1 fully saturated rings. The number of benzene rings is 1. The molecule has 0 amide bonds. The lowest BCUT2D eigenvalue weighted by atomic mass is 9.80. The molecular formula is C26H23ClFN5O2S. The maximum atomic E-state index is 14.7. The van der Waals surface area contributed by atoms with Crippen LogP contribution < -0.4 is 0 Å². The summed E-state index contributed by atoms with van der Waals surface area (Å²) < 4.78 is 42.8. The SMILES string of the molecule is Cc1ccc(S(=O)(=O)n2cc(-c3ncc(F)c(C[C@H]4CCC[C@@H](C#N)C4)n3)c3cc(Cl)cnc32)cc1. The van der Waals surface area contributed by atoms with Gasteiger partial charge in [-0.2, -0.15) is 5.26 Å². The van der Waals surface area contributed by atoms with Crippen LogP contribution in [0.3, 0.4) is 0 Å². The Labute approximate surface area is 213 Å². The van der Waals surface area contributed by atoms with Crippen molar-refractivity contribution in [1.82, 2.24) is 18.9 Å². The number of nitriles is 1. The van der Waals surface area contributed by atoms with Gasteiger partial charge in [0.05, 0.1) is 27.9 Å². The van der Waals surface area contributed by atoms with Crippen LogP contribution in [0.1, 0.15) is 36.9 Å². The molecule has 0 saturated heterocycles. The first-order valence-corrected chi connectivity index (χ1v) is 13.5. The maximum Gasteiger partial charge on any atom is 0.269 e. The molecule has 5 rings (SSSR count). The summed E-state index contributed by atoms with van der Waals surface area (Å²) in [5.41, 5.74) is 1.74. The highest BCUT2D eigenvalue weighted by Gasteiger charge is 2.26. The van der Waals surface area contributed by atoms with E-state index in [2.05, 4.69) is 21.0 Å². The van der Waals surface area contributed by atoms with E-state index >= 15 is 0 Å². The molecule has 0 aliphatic heterocycles. The minimum atomic E-state index is -3.98. The molecule has 7 nitrogen and oxygen atoms in total. The van der Waals surface area contributed by atoms with Crippen LogP contribution in [0, 0.1) is 35.9 Å². The molecule has 0 unspecified atom stereocenters. The van der Waals surface area contributed by atoms with Crippen LogP contribution in [-0.2, 0) is 16.4 Å². The van der Waals surface area contributed by atoms with Crippen LogP contribution in [0.5, 0.6) is 0 Å². The van der Waals surface area contributed by atoms with E-state index in [-0.39, 0.29) is 33.9 Å². The third kappa shape index (κ3) is 4.59. The number of fused-ring (bicyclic) bond motifs is 1. The summed E-state index contributed by atoms with van der Waals surface area (Å²) in [6, 6.07) is 10.5. The van der Waals surface area contributed by atoms with Gasteiger partial charge in [-0.05, 0) is 56.7 Å². The number of pyridine rings is 1. The van der Waals surface area contributed by atoms with E-state index in [9.17, 15) is 18.1 Å². The van der Waals surface area contributed by atoms with Gasteiger partial charge < -0.3 is 0 Å². The summed E-state index contributed by atoms with van der Waals surface area (Å²) in [5.74, 6) is -0.206. The molecule has 1 saturated carbocycles. The zero-order valence-electron chi connectivity index (χ0n) is 19.5. The van der Waals surface area contributed by atoms with Gasteiger partial charge in [0, 0.05) is 29.3 Å². The van der Waals surface area contributed by atoms with Gasteiger partial charge in [-0.3, -0.25) is 0 Å². The average Bonchev–Trinajstić information content (AvgIpc) is 3.25. The van der Waals surface area contributed by atoms with Gasteiger partial charge in [0.25, 0.3) is 10.0 Å². The quantitative estimate of drug-likeness (QED) is 0.332. The molecule has 10 heteroatoms. The van der Waals surface area contributed by atoms with Crippen molar-refractivity contribution in [2.45, 2.75) is 43.9 Å². The number of halogens is 2. The van der Waals surface area contributed by atoms with Gasteiger partial charge in [0.1, 0.15) is 0 Å². The van der Waals surface area contributed by atoms with Gasteiger partial charge in [-0.25, -0.2) is 31.7 Å². The molecule has 0 bridgehead atoms. The second kappa shape index (κ2) is 9.60. The summed E-state index contributed by atoms with van der Waals surface area (Å²) in [6.45, 7) is 1.88. The first-order valence-electron chi connectivity index (χ1n) is 11.7. The Morgan fingerprint density at radius 2 is 1.97 bits per heavy atom. The molecule has 3 heterocycles.